The number of carboxylic acid groups (broad SMARTS) is 1. The lowest BCUT2D eigenvalue weighted by molar-refractivity contribution is -0.143. The Balaban J connectivity index is 1.72. The summed E-state index contributed by atoms with van der Waals surface area (Å²) in [6, 6.07) is 8.38. The number of amides is 2. The van der Waals surface area contributed by atoms with Crippen molar-refractivity contribution < 1.29 is 24.3 Å². The molecule has 0 bridgehead atoms. The molecule has 0 aliphatic carbocycles. The van der Waals surface area contributed by atoms with Crippen molar-refractivity contribution in [2.24, 2.45) is 0 Å². The number of hydrogen-bond donors (Lipinski definition) is 2. The van der Waals surface area contributed by atoms with Crippen molar-refractivity contribution in [1.82, 2.24) is 15.1 Å². The number of nitrogens with zero attached hydrogens (tertiary/aromatic N) is 2. The number of likely N-dealkylation sites (N-methyl/N-ethyl adjacent to an activating group) is 2. The summed E-state index contributed by atoms with van der Waals surface area (Å²) in [5.41, 5.74) is 3.39. The van der Waals surface area contributed by atoms with E-state index in [-0.39, 0.29) is 25.0 Å². The smallest absolute Gasteiger partial charge is 0.323 e. The quantitative estimate of drug-likeness (QED) is 0.500. The van der Waals surface area contributed by atoms with Crippen LogP contribution in [0.5, 0.6) is 0 Å². The normalized spacial score (nSPS) is 14.5. The number of ketones is 1. The summed E-state index contributed by atoms with van der Waals surface area (Å²) in [7, 11) is 3.49. The zero-order valence-corrected chi connectivity index (χ0v) is 21.5. The minimum absolute atomic E-state index is 0.0673. The van der Waals surface area contributed by atoms with Crippen molar-refractivity contribution in [3.05, 3.63) is 56.2 Å². The van der Waals surface area contributed by atoms with Crippen LogP contribution in [0.4, 0.5) is 0 Å². The van der Waals surface area contributed by atoms with Gasteiger partial charge in [-0.1, -0.05) is 29.8 Å². The molecular weight excluding hydrogens is 490 g/mol. The van der Waals surface area contributed by atoms with Gasteiger partial charge in [-0.05, 0) is 55.1 Å². The Labute approximate surface area is 213 Å². The SMILES string of the molecule is CN1CCc2ccc(CC(=O)[C@@H](CCC(=O)N(C)CC(=O)O)NC(=O)c3ccc(Cl)s3)cc2CC1. The van der Waals surface area contributed by atoms with Gasteiger partial charge in [0.2, 0.25) is 5.91 Å². The molecule has 1 aromatic carbocycles. The maximum Gasteiger partial charge on any atom is 0.323 e. The average Bonchev–Trinajstić information content (AvgIpc) is 3.16. The van der Waals surface area contributed by atoms with Crippen LogP contribution >= 0.6 is 22.9 Å². The number of hydrogen-bond acceptors (Lipinski definition) is 6. The molecule has 0 saturated carbocycles. The molecule has 0 spiro atoms. The topological polar surface area (TPSA) is 107 Å². The molecule has 0 radical (unpaired) electrons. The van der Waals surface area contributed by atoms with Gasteiger partial charge in [0.05, 0.1) is 15.3 Å². The molecule has 35 heavy (non-hydrogen) atoms. The summed E-state index contributed by atoms with van der Waals surface area (Å²) in [4.78, 5) is 53.0. The van der Waals surface area contributed by atoms with Gasteiger partial charge < -0.3 is 20.2 Å². The van der Waals surface area contributed by atoms with E-state index in [4.69, 9.17) is 16.7 Å². The summed E-state index contributed by atoms with van der Waals surface area (Å²) in [5.74, 6) is -2.17. The van der Waals surface area contributed by atoms with Gasteiger partial charge in [-0.25, -0.2) is 0 Å². The van der Waals surface area contributed by atoms with Gasteiger partial charge >= 0.3 is 5.97 Å². The number of halogens is 1. The van der Waals surface area contributed by atoms with Gasteiger partial charge in [0.15, 0.2) is 5.78 Å². The highest BCUT2D eigenvalue weighted by atomic mass is 35.5. The summed E-state index contributed by atoms with van der Waals surface area (Å²) in [6.45, 7) is 1.52. The van der Waals surface area contributed by atoms with Crippen LogP contribution in [-0.4, -0.2) is 78.2 Å². The minimum atomic E-state index is -1.12. The molecule has 10 heteroatoms. The van der Waals surface area contributed by atoms with Crippen LogP contribution < -0.4 is 5.32 Å². The third kappa shape index (κ3) is 7.88. The standard InChI is InChI=1S/C25H30ClN3O5S/c1-28-11-9-17-4-3-16(13-18(17)10-12-28)14-20(30)19(5-8-23(31)29(2)15-24(32)33)27-25(34)21-6-7-22(26)35-21/h3-4,6-7,13,19H,5,8-12,14-15H2,1-2H3,(H,27,34)(H,32,33)/t19-/m1/s1. The fourth-order valence-corrected chi connectivity index (χ4v) is 5.00. The first-order valence-electron chi connectivity index (χ1n) is 11.5. The van der Waals surface area contributed by atoms with Crippen molar-refractivity contribution in [3.63, 3.8) is 0 Å². The molecule has 2 aromatic rings. The Morgan fingerprint density at radius 3 is 2.51 bits per heavy atom. The molecule has 188 valence electrons. The van der Waals surface area contributed by atoms with E-state index in [1.165, 1.54) is 18.2 Å². The molecule has 2 N–H and O–H groups in total. The third-order valence-corrected chi connectivity index (χ3v) is 7.34. The number of carbonyl (C=O) groups is 4. The zero-order chi connectivity index (χ0) is 25.5. The number of carboxylic acids is 1. The van der Waals surface area contributed by atoms with E-state index < -0.39 is 30.4 Å². The first kappa shape index (κ1) is 26.8. The van der Waals surface area contributed by atoms with Crippen LogP contribution in [0, 0.1) is 0 Å². The van der Waals surface area contributed by atoms with Gasteiger partial charge in [-0.3, -0.25) is 19.2 Å². The summed E-state index contributed by atoms with van der Waals surface area (Å²) >= 11 is 7.04. The van der Waals surface area contributed by atoms with E-state index in [9.17, 15) is 19.2 Å². The Hall–Kier alpha value is -2.75. The van der Waals surface area contributed by atoms with E-state index in [1.807, 2.05) is 6.07 Å². The first-order chi connectivity index (χ1) is 16.6. The summed E-state index contributed by atoms with van der Waals surface area (Å²) in [6.07, 6.45) is 2.01. The van der Waals surface area contributed by atoms with Gasteiger partial charge in [-0.2, -0.15) is 0 Å². The second-order valence-electron chi connectivity index (χ2n) is 8.86. The maximum atomic E-state index is 13.3. The number of carbonyl (C=O) groups excluding carboxylic acids is 3. The molecule has 0 unspecified atom stereocenters. The number of thiophene rings is 1. The fourth-order valence-electron chi connectivity index (χ4n) is 4.05. The number of aliphatic carboxylic acids is 1. The molecule has 1 aliphatic rings. The van der Waals surface area contributed by atoms with Gasteiger partial charge in [0.1, 0.15) is 6.54 Å². The van der Waals surface area contributed by atoms with Crippen LogP contribution in [-0.2, 0) is 33.6 Å². The maximum absolute atomic E-state index is 13.3. The summed E-state index contributed by atoms with van der Waals surface area (Å²) < 4.78 is 0.458. The average molecular weight is 520 g/mol. The largest absolute Gasteiger partial charge is 0.480 e. The van der Waals surface area contributed by atoms with Gasteiger partial charge in [0.25, 0.3) is 5.91 Å². The van der Waals surface area contributed by atoms with Crippen LogP contribution in [0.1, 0.15) is 39.2 Å². The Bertz CT molecular complexity index is 1100. The van der Waals surface area contributed by atoms with Crippen molar-refractivity contribution in [3.8, 4) is 0 Å². The number of benzene rings is 1. The Morgan fingerprint density at radius 2 is 1.86 bits per heavy atom. The second-order valence-corrected chi connectivity index (χ2v) is 10.6. The lowest BCUT2D eigenvalue weighted by Crippen LogP contribution is -2.42. The fraction of sp³-hybridized carbons (Fsp3) is 0.440. The molecule has 3 rings (SSSR count). The molecule has 1 aliphatic heterocycles. The predicted octanol–water partition coefficient (Wildman–Crippen LogP) is 2.67. The number of rotatable bonds is 10. The highest BCUT2D eigenvalue weighted by Crippen LogP contribution is 2.22. The number of fused-ring (bicyclic) bond motifs is 1. The Morgan fingerprint density at radius 1 is 1.14 bits per heavy atom. The van der Waals surface area contributed by atoms with Crippen molar-refractivity contribution >= 4 is 46.5 Å². The first-order valence-corrected chi connectivity index (χ1v) is 12.7. The molecule has 0 fully saturated rings. The van der Waals surface area contributed by atoms with E-state index in [1.54, 1.807) is 12.1 Å². The number of nitrogens with one attached hydrogen (secondary N) is 1. The Kier molecular flexibility index (Phi) is 9.42. The van der Waals surface area contributed by atoms with E-state index in [0.717, 1.165) is 47.7 Å². The van der Waals surface area contributed by atoms with Crippen molar-refractivity contribution in [2.75, 3.05) is 33.7 Å². The molecule has 0 saturated heterocycles. The monoisotopic (exact) mass is 519 g/mol. The second kappa shape index (κ2) is 12.3. The third-order valence-electron chi connectivity index (χ3n) is 6.11. The molecule has 8 nitrogen and oxygen atoms in total. The molecule has 2 amide bonds. The highest BCUT2D eigenvalue weighted by molar-refractivity contribution is 7.18. The van der Waals surface area contributed by atoms with Crippen LogP contribution in [0.25, 0.3) is 0 Å². The van der Waals surface area contributed by atoms with E-state index >= 15 is 0 Å². The minimum Gasteiger partial charge on any atom is -0.480 e. The van der Waals surface area contributed by atoms with Gasteiger partial charge in [0, 0.05) is 33.0 Å². The predicted molar refractivity (Wildman–Crippen MR) is 135 cm³/mol. The van der Waals surface area contributed by atoms with Crippen LogP contribution in [0.3, 0.4) is 0 Å². The molecule has 2 heterocycles. The van der Waals surface area contributed by atoms with E-state index in [0.29, 0.717) is 9.21 Å². The van der Waals surface area contributed by atoms with Crippen LogP contribution in [0.15, 0.2) is 30.3 Å². The van der Waals surface area contributed by atoms with Crippen molar-refractivity contribution in [1.29, 1.82) is 0 Å². The lowest BCUT2D eigenvalue weighted by Gasteiger charge is -2.20. The summed E-state index contributed by atoms with van der Waals surface area (Å²) in [5, 5.41) is 11.7. The van der Waals surface area contributed by atoms with Crippen molar-refractivity contribution in [2.45, 2.75) is 38.1 Å². The highest BCUT2D eigenvalue weighted by Gasteiger charge is 2.25. The van der Waals surface area contributed by atoms with E-state index in [2.05, 4.69) is 29.4 Å². The number of Topliss-reactive ketones (excluding diaryl/α,β-unsaturated/α-hetero) is 1. The molecule has 1 atom stereocenters. The van der Waals surface area contributed by atoms with Gasteiger partial charge in [-0.15, -0.1) is 11.3 Å². The lowest BCUT2D eigenvalue weighted by atomic mass is 9.95. The van der Waals surface area contributed by atoms with Crippen LogP contribution in [0.2, 0.25) is 4.34 Å². The zero-order valence-electron chi connectivity index (χ0n) is 19.9. The molecular formula is C25H30ClN3O5S. The molecule has 1 aromatic heterocycles.